The van der Waals surface area contributed by atoms with Gasteiger partial charge in [0.2, 0.25) is 5.91 Å². The molecule has 3 aromatic rings. The number of hydrogen-bond acceptors (Lipinski definition) is 2. The van der Waals surface area contributed by atoms with E-state index in [4.69, 9.17) is 0 Å². The van der Waals surface area contributed by atoms with Crippen LogP contribution in [0.2, 0.25) is 0 Å². The van der Waals surface area contributed by atoms with Crippen LogP contribution in [-0.2, 0) is 4.79 Å². The molecule has 0 radical (unpaired) electrons. The summed E-state index contributed by atoms with van der Waals surface area (Å²) in [7, 11) is 0. The van der Waals surface area contributed by atoms with E-state index in [9.17, 15) is 4.79 Å². The molecular formula is C19H16N2O. The van der Waals surface area contributed by atoms with E-state index in [2.05, 4.69) is 41.0 Å². The molecule has 3 aromatic carbocycles. The summed E-state index contributed by atoms with van der Waals surface area (Å²) in [6, 6.07) is 22.4. The van der Waals surface area contributed by atoms with Crippen LogP contribution in [0.5, 0.6) is 0 Å². The summed E-state index contributed by atoms with van der Waals surface area (Å²) < 4.78 is 0. The standard InChI is InChI=1S/C19H16N2O/c22-19-12-18(20-16-7-3-4-8-17(16)21-19)15-10-9-13-5-1-2-6-14(13)11-15/h1-11,18,20H,12H2,(H,21,22). The fraction of sp³-hybridized carbons (Fsp3) is 0.105. The van der Waals surface area contributed by atoms with E-state index in [1.54, 1.807) is 0 Å². The molecule has 0 aliphatic carbocycles. The summed E-state index contributed by atoms with van der Waals surface area (Å²) in [4.78, 5) is 12.1. The number of rotatable bonds is 1. The minimum atomic E-state index is -0.0201. The number of para-hydroxylation sites is 2. The van der Waals surface area contributed by atoms with Gasteiger partial charge in [-0.1, -0.05) is 48.5 Å². The van der Waals surface area contributed by atoms with Gasteiger partial charge >= 0.3 is 0 Å². The normalized spacial score (nSPS) is 17.3. The van der Waals surface area contributed by atoms with Crippen molar-refractivity contribution in [1.29, 1.82) is 0 Å². The third-order valence-corrected chi connectivity index (χ3v) is 4.10. The van der Waals surface area contributed by atoms with Gasteiger partial charge in [0.15, 0.2) is 0 Å². The molecule has 2 N–H and O–H groups in total. The summed E-state index contributed by atoms with van der Waals surface area (Å²) in [5, 5.41) is 8.85. The molecule has 3 nitrogen and oxygen atoms in total. The van der Waals surface area contributed by atoms with Crippen LogP contribution < -0.4 is 10.6 Å². The van der Waals surface area contributed by atoms with E-state index < -0.39 is 0 Å². The largest absolute Gasteiger partial charge is 0.376 e. The van der Waals surface area contributed by atoms with Gasteiger partial charge in [0.05, 0.1) is 23.8 Å². The van der Waals surface area contributed by atoms with Gasteiger partial charge in [0.1, 0.15) is 0 Å². The number of hydrogen-bond donors (Lipinski definition) is 2. The molecule has 0 aromatic heterocycles. The van der Waals surface area contributed by atoms with E-state index in [0.717, 1.165) is 16.9 Å². The van der Waals surface area contributed by atoms with Gasteiger partial charge in [0, 0.05) is 0 Å². The number of carbonyl (C=O) groups is 1. The predicted molar refractivity (Wildman–Crippen MR) is 90.0 cm³/mol. The Morgan fingerprint density at radius 1 is 0.818 bits per heavy atom. The second-order valence-electron chi connectivity index (χ2n) is 5.60. The molecule has 0 saturated carbocycles. The zero-order valence-corrected chi connectivity index (χ0v) is 12.0. The predicted octanol–water partition coefficient (Wildman–Crippen LogP) is 4.34. The Labute approximate surface area is 129 Å². The summed E-state index contributed by atoms with van der Waals surface area (Å²) in [6.07, 6.45) is 0.424. The SMILES string of the molecule is O=C1CC(c2ccc3ccccc3c2)Nc2ccccc2N1. The first-order valence-corrected chi connectivity index (χ1v) is 7.44. The smallest absolute Gasteiger partial charge is 0.226 e. The second-order valence-corrected chi connectivity index (χ2v) is 5.60. The first-order valence-electron chi connectivity index (χ1n) is 7.44. The Hall–Kier alpha value is -2.81. The highest BCUT2D eigenvalue weighted by Gasteiger charge is 2.21. The molecule has 0 saturated heterocycles. The van der Waals surface area contributed by atoms with Gasteiger partial charge in [0.25, 0.3) is 0 Å². The lowest BCUT2D eigenvalue weighted by molar-refractivity contribution is -0.116. The van der Waals surface area contributed by atoms with E-state index in [-0.39, 0.29) is 11.9 Å². The highest BCUT2D eigenvalue weighted by molar-refractivity contribution is 5.96. The molecule has 1 amide bonds. The van der Waals surface area contributed by atoms with Crippen molar-refractivity contribution in [3.63, 3.8) is 0 Å². The van der Waals surface area contributed by atoms with Crippen molar-refractivity contribution in [1.82, 2.24) is 0 Å². The van der Waals surface area contributed by atoms with Gasteiger partial charge in [-0.3, -0.25) is 4.79 Å². The molecule has 1 heterocycles. The Balaban J connectivity index is 1.75. The maximum absolute atomic E-state index is 12.1. The number of amides is 1. The summed E-state index contributed by atoms with van der Waals surface area (Å²) in [5.41, 5.74) is 2.94. The van der Waals surface area contributed by atoms with Gasteiger partial charge in [-0.15, -0.1) is 0 Å². The Morgan fingerprint density at radius 3 is 2.41 bits per heavy atom. The van der Waals surface area contributed by atoms with Crippen LogP contribution in [0.3, 0.4) is 0 Å². The Morgan fingerprint density at radius 2 is 1.55 bits per heavy atom. The highest BCUT2D eigenvalue weighted by atomic mass is 16.1. The van der Waals surface area contributed by atoms with Crippen LogP contribution in [-0.4, -0.2) is 5.91 Å². The van der Waals surface area contributed by atoms with Crippen molar-refractivity contribution >= 4 is 28.1 Å². The molecule has 108 valence electrons. The van der Waals surface area contributed by atoms with Crippen molar-refractivity contribution in [3.8, 4) is 0 Å². The molecule has 1 unspecified atom stereocenters. The third-order valence-electron chi connectivity index (χ3n) is 4.10. The molecular weight excluding hydrogens is 272 g/mol. The van der Waals surface area contributed by atoms with Crippen molar-refractivity contribution in [2.24, 2.45) is 0 Å². The van der Waals surface area contributed by atoms with Gasteiger partial charge in [-0.2, -0.15) is 0 Å². The van der Waals surface area contributed by atoms with E-state index in [1.807, 2.05) is 36.4 Å². The van der Waals surface area contributed by atoms with Gasteiger partial charge in [-0.25, -0.2) is 0 Å². The fourth-order valence-electron chi connectivity index (χ4n) is 2.97. The Kier molecular flexibility index (Phi) is 3.04. The quantitative estimate of drug-likeness (QED) is 0.699. The van der Waals surface area contributed by atoms with Crippen LogP contribution in [0.15, 0.2) is 66.7 Å². The monoisotopic (exact) mass is 288 g/mol. The minimum Gasteiger partial charge on any atom is -0.376 e. The van der Waals surface area contributed by atoms with Crippen molar-refractivity contribution < 1.29 is 4.79 Å². The van der Waals surface area contributed by atoms with E-state index in [0.29, 0.717) is 6.42 Å². The van der Waals surface area contributed by atoms with E-state index in [1.165, 1.54) is 10.8 Å². The van der Waals surface area contributed by atoms with Crippen LogP contribution >= 0.6 is 0 Å². The lowest BCUT2D eigenvalue weighted by atomic mass is 9.99. The molecule has 0 fully saturated rings. The molecule has 1 atom stereocenters. The number of benzene rings is 3. The first-order chi connectivity index (χ1) is 10.8. The second kappa shape index (κ2) is 5.19. The molecule has 22 heavy (non-hydrogen) atoms. The third kappa shape index (κ3) is 2.31. The number of carbonyl (C=O) groups excluding carboxylic acids is 1. The number of fused-ring (bicyclic) bond motifs is 2. The maximum Gasteiger partial charge on any atom is 0.226 e. The zero-order chi connectivity index (χ0) is 14.9. The van der Waals surface area contributed by atoms with Crippen LogP contribution in [0.4, 0.5) is 11.4 Å². The zero-order valence-electron chi connectivity index (χ0n) is 12.0. The molecule has 1 aliphatic rings. The van der Waals surface area contributed by atoms with Crippen molar-refractivity contribution in [2.45, 2.75) is 12.5 Å². The molecule has 1 aliphatic heterocycles. The summed E-state index contributed by atoms with van der Waals surface area (Å²) in [6.45, 7) is 0. The number of anilines is 2. The lowest BCUT2D eigenvalue weighted by Gasteiger charge is -2.18. The van der Waals surface area contributed by atoms with Gasteiger partial charge in [-0.05, 0) is 34.5 Å². The first kappa shape index (κ1) is 12.9. The maximum atomic E-state index is 12.1. The lowest BCUT2D eigenvalue weighted by Crippen LogP contribution is -2.15. The molecule has 4 rings (SSSR count). The minimum absolute atomic E-state index is 0.0201. The average molecular weight is 288 g/mol. The molecule has 3 heteroatoms. The average Bonchev–Trinajstić information content (AvgIpc) is 2.72. The topological polar surface area (TPSA) is 41.1 Å². The van der Waals surface area contributed by atoms with Crippen LogP contribution in [0.1, 0.15) is 18.0 Å². The van der Waals surface area contributed by atoms with Crippen molar-refractivity contribution in [3.05, 3.63) is 72.3 Å². The Bertz CT molecular complexity index is 857. The van der Waals surface area contributed by atoms with Crippen molar-refractivity contribution in [2.75, 3.05) is 10.6 Å². The number of nitrogens with one attached hydrogen (secondary N) is 2. The fourth-order valence-corrected chi connectivity index (χ4v) is 2.97. The summed E-state index contributed by atoms with van der Waals surface area (Å²) >= 11 is 0. The molecule has 0 spiro atoms. The van der Waals surface area contributed by atoms with Crippen LogP contribution in [0.25, 0.3) is 10.8 Å². The van der Waals surface area contributed by atoms with Gasteiger partial charge < -0.3 is 10.6 Å². The molecule has 0 bridgehead atoms. The summed E-state index contributed by atoms with van der Waals surface area (Å²) in [5.74, 6) is 0.0376. The highest BCUT2D eigenvalue weighted by Crippen LogP contribution is 2.32. The van der Waals surface area contributed by atoms with E-state index >= 15 is 0 Å². The van der Waals surface area contributed by atoms with Crippen LogP contribution in [0, 0.1) is 0 Å².